The molecule has 0 unspecified atom stereocenters. The maximum atomic E-state index is 10.8. The minimum absolute atomic E-state index is 0. The summed E-state index contributed by atoms with van der Waals surface area (Å²) < 4.78 is 5.50. The van der Waals surface area contributed by atoms with Crippen LogP contribution < -0.4 is 24.0 Å². The molecule has 1 aliphatic carbocycles. The minimum Gasteiger partial charge on any atom is -0.545 e. The van der Waals surface area contributed by atoms with E-state index in [-0.39, 0.29) is 24.4 Å². The van der Waals surface area contributed by atoms with Crippen molar-refractivity contribution >= 4 is 17.1 Å². The van der Waals surface area contributed by atoms with Crippen LogP contribution >= 0.6 is 0 Å². The van der Waals surface area contributed by atoms with Gasteiger partial charge in [-0.15, -0.1) is 0 Å². The molecule has 0 spiro atoms. The number of hydrogen-bond acceptors (Lipinski definition) is 4. The first-order valence-corrected chi connectivity index (χ1v) is 4.85. The van der Waals surface area contributed by atoms with Crippen LogP contribution in [0.15, 0.2) is 22.7 Å². The van der Waals surface area contributed by atoms with Crippen LogP contribution in [-0.4, -0.2) is 11.0 Å². The number of fused-ring (bicyclic) bond motifs is 1. The van der Waals surface area contributed by atoms with Crippen molar-refractivity contribution in [2.24, 2.45) is 0 Å². The van der Waals surface area contributed by atoms with E-state index in [9.17, 15) is 9.90 Å². The third kappa shape index (κ3) is 1.75. The van der Waals surface area contributed by atoms with E-state index < -0.39 is 5.97 Å². The summed E-state index contributed by atoms with van der Waals surface area (Å²) in [7, 11) is 0. The van der Waals surface area contributed by atoms with Gasteiger partial charge in [-0.3, -0.25) is 4.98 Å². The van der Waals surface area contributed by atoms with E-state index in [1.165, 1.54) is 12.3 Å². The maximum Gasteiger partial charge on any atom is 1.00 e. The van der Waals surface area contributed by atoms with E-state index in [2.05, 4.69) is 4.98 Å². The fourth-order valence-electron chi connectivity index (χ4n) is 1.69. The van der Waals surface area contributed by atoms with Crippen LogP contribution in [0.5, 0.6) is 0 Å². The number of carboxylic acid groups (broad SMARTS) is 1. The molecular formula is C11H8LiNO3. The van der Waals surface area contributed by atoms with Crippen LogP contribution in [0.25, 0.3) is 11.1 Å². The Morgan fingerprint density at radius 2 is 2.25 bits per heavy atom. The van der Waals surface area contributed by atoms with Crippen molar-refractivity contribution in [1.29, 1.82) is 0 Å². The summed E-state index contributed by atoms with van der Waals surface area (Å²) >= 11 is 0. The molecule has 0 bridgehead atoms. The standard InChI is InChI=1S/C11H9NO3.Li/c13-11(14)7-3-4-12-8-5-9(6-1-2-6)15-10(7)8;/h3-6H,1-2H2,(H,13,14);/q;+1/p-1. The second-order valence-electron chi connectivity index (χ2n) is 3.78. The largest absolute Gasteiger partial charge is 1.00 e. The SMILES string of the molecule is O=C([O-])c1ccnc2cc(C3CC3)oc12.[Li+]. The Hall–Kier alpha value is -1.24. The molecule has 4 nitrogen and oxygen atoms in total. The van der Waals surface area contributed by atoms with Crippen molar-refractivity contribution in [1.82, 2.24) is 4.98 Å². The summed E-state index contributed by atoms with van der Waals surface area (Å²) in [4.78, 5) is 14.9. The molecule has 0 aromatic carbocycles. The smallest absolute Gasteiger partial charge is 0.545 e. The molecule has 2 heterocycles. The molecule has 16 heavy (non-hydrogen) atoms. The van der Waals surface area contributed by atoms with Gasteiger partial charge in [-0.25, -0.2) is 0 Å². The Morgan fingerprint density at radius 3 is 2.88 bits per heavy atom. The van der Waals surface area contributed by atoms with Gasteiger partial charge in [0.25, 0.3) is 0 Å². The van der Waals surface area contributed by atoms with Gasteiger partial charge in [-0.2, -0.15) is 0 Å². The third-order valence-electron chi connectivity index (χ3n) is 2.63. The van der Waals surface area contributed by atoms with E-state index in [0.29, 0.717) is 17.0 Å². The summed E-state index contributed by atoms with van der Waals surface area (Å²) in [6.07, 6.45) is 3.68. The maximum absolute atomic E-state index is 10.8. The minimum atomic E-state index is -1.22. The van der Waals surface area contributed by atoms with Crippen LogP contribution in [-0.2, 0) is 0 Å². The molecule has 5 heteroatoms. The Kier molecular flexibility index (Phi) is 2.79. The number of aromatic carboxylic acids is 1. The zero-order valence-corrected chi connectivity index (χ0v) is 8.90. The van der Waals surface area contributed by atoms with Crippen molar-refractivity contribution < 1.29 is 33.2 Å². The number of pyridine rings is 1. The van der Waals surface area contributed by atoms with Crippen LogP contribution in [0.4, 0.5) is 0 Å². The van der Waals surface area contributed by atoms with Crippen molar-refractivity contribution in [2.45, 2.75) is 18.8 Å². The molecule has 1 saturated carbocycles. The Morgan fingerprint density at radius 1 is 1.50 bits per heavy atom. The number of nitrogens with zero attached hydrogens (tertiary/aromatic N) is 1. The normalized spacial score (nSPS) is 14.8. The van der Waals surface area contributed by atoms with Crippen LogP contribution in [0, 0.1) is 0 Å². The van der Waals surface area contributed by atoms with Gasteiger partial charge in [0.15, 0.2) is 5.58 Å². The number of furan rings is 1. The van der Waals surface area contributed by atoms with Gasteiger partial charge >= 0.3 is 18.9 Å². The number of carbonyl (C=O) groups excluding carboxylic acids is 1. The molecule has 0 saturated heterocycles. The average molecular weight is 209 g/mol. The molecule has 76 valence electrons. The fourth-order valence-corrected chi connectivity index (χ4v) is 1.69. The van der Waals surface area contributed by atoms with E-state index in [4.69, 9.17) is 4.42 Å². The molecule has 0 amide bonds. The van der Waals surface area contributed by atoms with Crippen LogP contribution in [0.1, 0.15) is 34.9 Å². The first-order chi connectivity index (χ1) is 7.25. The van der Waals surface area contributed by atoms with Crippen molar-refractivity contribution in [3.63, 3.8) is 0 Å². The van der Waals surface area contributed by atoms with Gasteiger partial charge in [-0.05, 0) is 18.9 Å². The Labute approximate surface area is 104 Å². The van der Waals surface area contributed by atoms with E-state index in [0.717, 1.165) is 18.6 Å². The molecule has 0 N–H and O–H groups in total. The first kappa shape index (κ1) is 11.2. The Bertz CT molecular complexity index is 545. The molecular weight excluding hydrogens is 201 g/mol. The second kappa shape index (κ2) is 3.97. The van der Waals surface area contributed by atoms with E-state index in [1.807, 2.05) is 6.07 Å². The van der Waals surface area contributed by atoms with Gasteiger partial charge in [0, 0.05) is 23.7 Å². The zero-order valence-electron chi connectivity index (χ0n) is 8.90. The third-order valence-corrected chi connectivity index (χ3v) is 2.63. The fraction of sp³-hybridized carbons (Fsp3) is 0.273. The summed E-state index contributed by atoms with van der Waals surface area (Å²) in [6, 6.07) is 3.22. The van der Waals surface area contributed by atoms with Gasteiger partial charge in [-0.1, -0.05) is 0 Å². The Balaban J connectivity index is 0.000000963. The number of aromatic nitrogens is 1. The van der Waals surface area contributed by atoms with Crippen molar-refractivity contribution in [2.75, 3.05) is 0 Å². The number of carboxylic acids is 1. The molecule has 0 radical (unpaired) electrons. The predicted molar refractivity (Wildman–Crippen MR) is 50.3 cm³/mol. The number of rotatable bonds is 2. The monoisotopic (exact) mass is 209 g/mol. The number of carbonyl (C=O) groups is 1. The average Bonchev–Trinajstić information content (AvgIpc) is 2.96. The van der Waals surface area contributed by atoms with Crippen LogP contribution in [0.3, 0.4) is 0 Å². The van der Waals surface area contributed by atoms with Gasteiger partial charge < -0.3 is 14.3 Å². The summed E-state index contributed by atoms with van der Waals surface area (Å²) in [5, 5.41) is 10.8. The molecule has 2 aromatic rings. The molecule has 1 aliphatic rings. The topological polar surface area (TPSA) is 66.2 Å². The predicted octanol–water partition coefficient (Wildman–Crippen LogP) is -1.93. The summed E-state index contributed by atoms with van der Waals surface area (Å²) in [5.41, 5.74) is 1.00. The molecule has 0 atom stereocenters. The van der Waals surface area contributed by atoms with Gasteiger partial charge in [0.1, 0.15) is 11.3 Å². The number of hydrogen-bond donors (Lipinski definition) is 0. The van der Waals surface area contributed by atoms with Gasteiger partial charge in [0.05, 0.1) is 5.97 Å². The van der Waals surface area contributed by atoms with Crippen molar-refractivity contribution in [3.05, 3.63) is 29.7 Å². The van der Waals surface area contributed by atoms with E-state index >= 15 is 0 Å². The van der Waals surface area contributed by atoms with Crippen LogP contribution in [0.2, 0.25) is 0 Å². The van der Waals surface area contributed by atoms with Gasteiger partial charge in [0.2, 0.25) is 0 Å². The first-order valence-electron chi connectivity index (χ1n) is 4.85. The molecule has 2 aromatic heterocycles. The quantitative estimate of drug-likeness (QED) is 0.540. The molecule has 0 aliphatic heterocycles. The summed E-state index contributed by atoms with van der Waals surface area (Å²) in [6.45, 7) is 0. The van der Waals surface area contributed by atoms with E-state index in [1.54, 1.807) is 0 Å². The molecule has 1 fully saturated rings. The zero-order chi connectivity index (χ0) is 10.4. The second-order valence-corrected chi connectivity index (χ2v) is 3.78. The molecule has 3 rings (SSSR count). The van der Waals surface area contributed by atoms with Crippen molar-refractivity contribution in [3.8, 4) is 0 Å². The summed E-state index contributed by atoms with van der Waals surface area (Å²) in [5.74, 6) is 0.0686.